The number of hydrogen-bond acceptors (Lipinski definition) is 3. The minimum atomic E-state index is -4.78. The lowest BCUT2D eigenvalue weighted by molar-refractivity contribution is -0.274. The molecule has 0 radical (unpaired) electrons. The second-order valence-electron chi connectivity index (χ2n) is 5.98. The number of amides is 3. The van der Waals surface area contributed by atoms with E-state index in [2.05, 4.69) is 20.7 Å². The summed E-state index contributed by atoms with van der Waals surface area (Å²) in [5, 5.41) is 8.09. The van der Waals surface area contributed by atoms with Crippen LogP contribution in [0.25, 0.3) is 0 Å². The van der Waals surface area contributed by atoms with Crippen molar-refractivity contribution < 1.29 is 27.5 Å². The van der Waals surface area contributed by atoms with Gasteiger partial charge in [-0.2, -0.15) is 0 Å². The van der Waals surface area contributed by atoms with E-state index in [4.69, 9.17) is 0 Å². The number of hydrogen-bond donors (Lipinski definition) is 3. The fourth-order valence-electron chi connectivity index (χ4n) is 2.23. The van der Waals surface area contributed by atoms with E-state index in [1.54, 1.807) is 24.3 Å². The van der Waals surface area contributed by atoms with Crippen molar-refractivity contribution in [2.24, 2.45) is 0 Å². The molecule has 1 fully saturated rings. The van der Waals surface area contributed by atoms with E-state index < -0.39 is 18.0 Å². The Kier molecular flexibility index (Phi) is 5.20. The molecule has 3 N–H and O–H groups in total. The van der Waals surface area contributed by atoms with Gasteiger partial charge in [-0.25, -0.2) is 4.79 Å². The molecule has 0 atom stereocenters. The van der Waals surface area contributed by atoms with Crippen LogP contribution in [-0.4, -0.2) is 24.3 Å². The minimum absolute atomic E-state index is 0.176. The van der Waals surface area contributed by atoms with Gasteiger partial charge in [-0.1, -0.05) is 0 Å². The summed E-state index contributed by atoms with van der Waals surface area (Å²) in [5.74, 6) is -0.889. The molecule has 27 heavy (non-hydrogen) atoms. The first kappa shape index (κ1) is 18.6. The van der Waals surface area contributed by atoms with Gasteiger partial charge < -0.3 is 20.7 Å². The smallest absolute Gasteiger partial charge is 0.406 e. The van der Waals surface area contributed by atoms with Gasteiger partial charge in [-0.3, -0.25) is 4.79 Å². The molecule has 0 aliphatic heterocycles. The Hall–Kier alpha value is -3.23. The lowest BCUT2D eigenvalue weighted by Crippen LogP contribution is -2.30. The number of rotatable bonds is 5. The highest BCUT2D eigenvalue weighted by Gasteiger charge is 2.31. The SMILES string of the molecule is O=C(Nc1ccc(NC(=O)c2ccc(OC(F)(F)F)cc2)cc1)NC1CC1. The van der Waals surface area contributed by atoms with E-state index in [1.165, 1.54) is 12.1 Å². The van der Waals surface area contributed by atoms with Crippen molar-refractivity contribution in [1.29, 1.82) is 0 Å². The monoisotopic (exact) mass is 379 g/mol. The first-order valence-corrected chi connectivity index (χ1v) is 8.13. The third kappa shape index (κ3) is 5.91. The standard InChI is InChI=1S/C18H16F3N3O3/c19-18(20,21)27-15-9-1-11(2-10-15)16(25)22-12-3-5-13(6-4-12)23-17(26)24-14-7-8-14/h1-6,9-10,14H,7-8H2,(H,22,25)(H2,23,24,26). The molecule has 0 unspecified atom stereocenters. The quantitative estimate of drug-likeness (QED) is 0.731. The number of alkyl halides is 3. The molecule has 2 aromatic rings. The van der Waals surface area contributed by atoms with Crippen molar-refractivity contribution in [3.05, 3.63) is 54.1 Å². The molecule has 1 aliphatic rings. The second-order valence-corrected chi connectivity index (χ2v) is 5.98. The minimum Gasteiger partial charge on any atom is -0.406 e. The molecule has 3 rings (SSSR count). The molecule has 0 saturated heterocycles. The third-order valence-electron chi connectivity index (χ3n) is 3.66. The fraction of sp³-hybridized carbons (Fsp3) is 0.222. The average Bonchev–Trinajstić information content (AvgIpc) is 3.39. The van der Waals surface area contributed by atoms with E-state index in [9.17, 15) is 22.8 Å². The van der Waals surface area contributed by atoms with Gasteiger partial charge >= 0.3 is 12.4 Å². The number of nitrogens with one attached hydrogen (secondary N) is 3. The lowest BCUT2D eigenvalue weighted by atomic mass is 10.2. The van der Waals surface area contributed by atoms with Crippen LogP contribution < -0.4 is 20.7 Å². The zero-order chi connectivity index (χ0) is 19.4. The fourth-order valence-corrected chi connectivity index (χ4v) is 2.23. The summed E-state index contributed by atoms with van der Waals surface area (Å²) in [5.41, 5.74) is 1.22. The summed E-state index contributed by atoms with van der Waals surface area (Å²) in [6.07, 6.45) is -2.81. The first-order chi connectivity index (χ1) is 12.8. The van der Waals surface area contributed by atoms with Crippen LogP contribution in [-0.2, 0) is 0 Å². The van der Waals surface area contributed by atoms with Gasteiger partial charge in [-0.05, 0) is 61.4 Å². The van der Waals surface area contributed by atoms with E-state index in [-0.39, 0.29) is 17.6 Å². The summed E-state index contributed by atoms with van der Waals surface area (Å²) in [4.78, 5) is 23.8. The number of urea groups is 1. The van der Waals surface area contributed by atoms with E-state index in [1.807, 2.05) is 0 Å². The maximum Gasteiger partial charge on any atom is 0.573 e. The molecule has 0 bridgehead atoms. The van der Waals surface area contributed by atoms with Gasteiger partial charge in [0.1, 0.15) is 5.75 Å². The molecule has 6 nitrogen and oxygen atoms in total. The molecule has 0 aromatic heterocycles. The van der Waals surface area contributed by atoms with Gasteiger partial charge in [0, 0.05) is 23.0 Å². The maximum absolute atomic E-state index is 12.1. The highest BCUT2D eigenvalue weighted by atomic mass is 19.4. The van der Waals surface area contributed by atoms with Crippen LogP contribution in [0.3, 0.4) is 0 Å². The Morgan fingerprint density at radius 2 is 1.44 bits per heavy atom. The predicted molar refractivity (Wildman–Crippen MR) is 92.7 cm³/mol. The first-order valence-electron chi connectivity index (χ1n) is 8.13. The van der Waals surface area contributed by atoms with Crippen LogP contribution in [0.15, 0.2) is 48.5 Å². The topological polar surface area (TPSA) is 79.5 Å². The third-order valence-corrected chi connectivity index (χ3v) is 3.66. The van der Waals surface area contributed by atoms with Crippen molar-refractivity contribution in [1.82, 2.24) is 5.32 Å². The Balaban J connectivity index is 1.54. The average molecular weight is 379 g/mol. The summed E-state index contributed by atoms with van der Waals surface area (Å²) >= 11 is 0. The van der Waals surface area contributed by atoms with Crippen LogP contribution >= 0.6 is 0 Å². The van der Waals surface area contributed by atoms with Gasteiger partial charge in [0.05, 0.1) is 0 Å². The molecule has 2 aromatic carbocycles. The lowest BCUT2D eigenvalue weighted by Gasteiger charge is -2.10. The summed E-state index contributed by atoms with van der Waals surface area (Å²) < 4.78 is 40.2. The number of carbonyl (C=O) groups is 2. The van der Waals surface area contributed by atoms with Crippen LogP contribution in [0.1, 0.15) is 23.2 Å². The van der Waals surface area contributed by atoms with E-state index >= 15 is 0 Å². The highest BCUT2D eigenvalue weighted by Crippen LogP contribution is 2.23. The molecule has 3 amide bonds. The predicted octanol–water partition coefficient (Wildman–Crippen LogP) is 4.12. The summed E-state index contributed by atoms with van der Waals surface area (Å²) in [7, 11) is 0. The number of anilines is 2. The molecule has 0 spiro atoms. The molecule has 0 heterocycles. The number of carbonyl (C=O) groups excluding carboxylic acids is 2. The number of halogens is 3. The number of ether oxygens (including phenoxy) is 1. The van der Waals surface area contributed by atoms with Crippen LogP contribution in [0, 0.1) is 0 Å². The zero-order valence-electron chi connectivity index (χ0n) is 14.0. The molecule has 9 heteroatoms. The van der Waals surface area contributed by atoms with Crippen molar-refractivity contribution in [3.8, 4) is 5.75 Å². The second kappa shape index (κ2) is 7.56. The summed E-state index contributed by atoms with van der Waals surface area (Å²) in [6, 6.07) is 11.0. The van der Waals surface area contributed by atoms with Gasteiger partial charge in [-0.15, -0.1) is 13.2 Å². The Labute approximate surface area is 152 Å². The van der Waals surface area contributed by atoms with E-state index in [0.717, 1.165) is 25.0 Å². The zero-order valence-corrected chi connectivity index (χ0v) is 14.0. The van der Waals surface area contributed by atoms with Crippen LogP contribution in [0.2, 0.25) is 0 Å². The van der Waals surface area contributed by atoms with Crippen molar-refractivity contribution in [2.75, 3.05) is 10.6 Å². The molecular weight excluding hydrogens is 363 g/mol. The summed E-state index contributed by atoms with van der Waals surface area (Å²) in [6.45, 7) is 0. The van der Waals surface area contributed by atoms with Gasteiger partial charge in [0.25, 0.3) is 5.91 Å². The largest absolute Gasteiger partial charge is 0.573 e. The van der Waals surface area contributed by atoms with Crippen molar-refractivity contribution in [2.45, 2.75) is 25.2 Å². The van der Waals surface area contributed by atoms with Crippen molar-refractivity contribution in [3.63, 3.8) is 0 Å². The van der Waals surface area contributed by atoms with Crippen LogP contribution in [0.5, 0.6) is 5.75 Å². The Morgan fingerprint density at radius 1 is 0.889 bits per heavy atom. The van der Waals surface area contributed by atoms with Gasteiger partial charge in [0.15, 0.2) is 0 Å². The van der Waals surface area contributed by atoms with Crippen molar-refractivity contribution >= 4 is 23.3 Å². The van der Waals surface area contributed by atoms with Gasteiger partial charge in [0.2, 0.25) is 0 Å². The van der Waals surface area contributed by atoms with E-state index in [0.29, 0.717) is 11.4 Å². The molecule has 142 valence electrons. The number of benzene rings is 2. The maximum atomic E-state index is 12.1. The van der Waals surface area contributed by atoms with Crippen LogP contribution in [0.4, 0.5) is 29.3 Å². The molecule has 1 saturated carbocycles. The normalized spacial score (nSPS) is 13.6. The Bertz CT molecular complexity index is 816. The molecule has 1 aliphatic carbocycles. The molecular formula is C18H16F3N3O3. The Morgan fingerprint density at radius 3 is 1.96 bits per heavy atom. The highest BCUT2D eigenvalue weighted by molar-refractivity contribution is 6.04.